The number of carbonyl (C=O) groups is 2. The van der Waals surface area contributed by atoms with Crippen LogP contribution >= 0.6 is 0 Å². The number of aromatic nitrogens is 1. The highest BCUT2D eigenvalue weighted by atomic mass is 16.3. The van der Waals surface area contributed by atoms with Gasteiger partial charge in [-0.1, -0.05) is 36.4 Å². The number of rotatable bonds is 7. The van der Waals surface area contributed by atoms with Crippen molar-refractivity contribution in [3.8, 4) is 0 Å². The minimum Gasteiger partial charge on any atom is -0.393 e. The molecule has 0 radical (unpaired) electrons. The average molecular weight is 449 g/mol. The summed E-state index contributed by atoms with van der Waals surface area (Å²) in [5.41, 5.74) is 2.40. The minimum atomic E-state index is -0.591. The number of aliphatic hydroxyl groups is 1. The monoisotopic (exact) mass is 448 g/mol. The van der Waals surface area contributed by atoms with E-state index in [1.54, 1.807) is 24.3 Å². The molecular formula is C25H28N4O4. The normalized spacial score (nSPS) is 14.8. The third-order valence-corrected chi connectivity index (χ3v) is 5.92. The van der Waals surface area contributed by atoms with Gasteiger partial charge in [-0.05, 0) is 36.1 Å². The zero-order valence-electron chi connectivity index (χ0n) is 18.3. The summed E-state index contributed by atoms with van der Waals surface area (Å²) in [5.74, 6) is -0.928. The SMILES string of the molecule is O=C(CNC(=O)c1c[nH]c2ccccc2c1=O)NCc1ccc(CN2CCC(O)CC2)cc1. The summed E-state index contributed by atoms with van der Waals surface area (Å²) in [5, 5.41) is 15.3. The lowest BCUT2D eigenvalue weighted by molar-refractivity contribution is -0.120. The Morgan fingerprint density at radius 2 is 1.70 bits per heavy atom. The second-order valence-electron chi connectivity index (χ2n) is 8.36. The van der Waals surface area contributed by atoms with Crippen LogP contribution in [-0.2, 0) is 17.9 Å². The van der Waals surface area contributed by atoms with E-state index in [9.17, 15) is 19.5 Å². The standard InChI is InChI=1S/C25H28N4O4/c30-19-9-11-29(12-10-19)16-18-7-5-17(6-8-18)13-27-23(31)15-28-25(33)21-14-26-22-4-2-1-3-20(22)24(21)32/h1-8,14,19,30H,9-13,15-16H2,(H,26,32)(H,27,31)(H,28,33). The highest BCUT2D eigenvalue weighted by Crippen LogP contribution is 2.14. The second kappa shape index (κ2) is 10.4. The first-order chi connectivity index (χ1) is 16.0. The Morgan fingerprint density at radius 3 is 2.45 bits per heavy atom. The molecule has 0 saturated carbocycles. The highest BCUT2D eigenvalue weighted by Gasteiger charge is 2.17. The maximum Gasteiger partial charge on any atom is 0.257 e. The van der Waals surface area contributed by atoms with Gasteiger partial charge in [-0.25, -0.2) is 0 Å². The number of hydrogen-bond acceptors (Lipinski definition) is 5. The van der Waals surface area contributed by atoms with Gasteiger partial charge in [0.1, 0.15) is 5.56 Å². The zero-order chi connectivity index (χ0) is 23.2. The van der Waals surface area contributed by atoms with Crippen LogP contribution in [0, 0.1) is 0 Å². The molecule has 1 aromatic heterocycles. The Bertz CT molecular complexity index is 1180. The van der Waals surface area contributed by atoms with Crippen molar-refractivity contribution >= 4 is 22.7 Å². The van der Waals surface area contributed by atoms with Crippen LogP contribution < -0.4 is 16.1 Å². The van der Waals surface area contributed by atoms with Crippen molar-refractivity contribution in [2.24, 2.45) is 0 Å². The summed E-state index contributed by atoms with van der Waals surface area (Å²) in [6, 6.07) is 15.0. The summed E-state index contributed by atoms with van der Waals surface area (Å²) in [4.78, 5) is 42.3. The Hall–Kier alpha value is -3.49. The number of piperidine rings is 1. The number of benzene rings is 2. The van der Waals surface area contributed by atoms with Gasteiger partial charge < -0.3 is 20.7 Å². The molecule has 1 aliphatic rings. The van der Waals surface area contributed by atoms with E-state index >= 15 is 0 Å². The lowest BCUT2D eigenvalue weighted by Crippen LogP contribution is -2.38. The van der Waals surface area contributed by atoms with Crippen LogP contribution in [0.15, 0.2) is 59.5 Å². The van der Waals surface area contributed by atoms with E-state index in [-0.39, 0.29) is 29.5 Å². The van der Waals surface area contributed by atoms with Gasteiger partial charge in [0.15, 0.2) is 0 Å². The number of H-pyrrole nitrogens is 1. The maximum atomic E-state index is 12.5. The summed E-state index contributed by atoms with van der Waals surface area (Å²) in [6.45, 7) is 2.77. The van der Waals surface area contributed by atoms with E-state index in [4.69, 9.17) is 0 Å². The number of aliphatic hydroxyl groups excluding tert-OH is 1. The van der Waals surface area contributed by atoms with E-state index in [0.29, 0.717) is 17.4 Å². The number of hydrogen-bond donors (Lipinski definition) is 4. The number of likely N-dealkylation sites (tertiary alicyclic amines) is 1. The lowest BCUT2D eigenvalue weighted by atomic mass is 10.1. The van der Waals surface area contributed by atoms with Gasteiger partial charge in [-0.3, -0.25) is 19.3 Å². The van der Waals surface area contributed by atoms with E-state index in [1.807, 2.05) is 24.3 Å². The molecule has 8 nitrogen and oxygen atoms in total. The van der Waals surface area contributed by atoms with Gasteiger partial charge >= 0.3 is 0 Å². The molecule has 172 valence electrons. The largest absolute Gasteiger partial charge is 0.393 e. The fourth-order valence-corrected chi connectivity index (χ4v) is 3.95. The number of amides is 2. The third kappa shape index (κ3) is 5.85. The molecule has 8 heteroatoms. The summed E-state index contributed by atoms with van der Waals surface area (Å²) >= 11 is 0. The number of pyridine rings is 1. The van der Waals surface area contributed by atoms with Crippen molar-refractivity contribution in [3.05, 3.63) is 81.6 Å². The molecule has 4 rings (SSSR count). The smallest absolute Gasteiger partial charge is 0.257 e. The van der Waals surface area contributed by atoms with E-state index in [2.05, 4.69) is 20.5 Å². The molecule has 1 fully saturated rings. The predicted octanol–water partition coefficient (Wildman–Crippen LogP) is 1.53. The van der Waals surface area contributed by atoms with Crippen LogP contribution in [-0.4, -0.2) is 52.5 Å². The van der Waals surface area contributed by atoms with E-state index in [0.717, 1.165) is 38.0 Å². The number of para-hydroxylation sites is 1. The Balaban J connectivity index is 1.24. The number of aromatic amines is 1. The van der Waals surface area contributed by atoms with Crippen LogP contribution in [0.4, 0.5) is 0 Å². The Kier molecular flexibility index (Phi) is 7.16. The van der Waals surface area contributed by atoms with E-state index < -0.39 is 5.91 Å². The predicted molar refractivity (Wildman–Crippen MR) is 126 cm³/mol. The summed E-state index contributed by atoms with van der Waals surface area (Å²) in [7, 11) is 0. The minimum absolute atomic E-state index is 0.0275. The second-order valence-corrected chi connectivity index (χ2v) is 8.36. The van der Waals surface area contributed by atoms with Gasteiger partial charge in [-0.15, -0.1) is 0 Å². The van der Waals surface area contributed by atoms with Crippen molar-refractivity contribution in [2.45, 2.75) is 32.0 Å². The number of carbonyl (C=O) groups excluding carboxylic acids is 2. The quantitative estimate of drug-likeness (QED) is 0.438. The number of nitrogens with one attached hydrogen (secondary N) is 3. The molecule has 33 heavy (non-hydrogen) atoms. The molecule has 2 heterocycles. The van der Waals surface area contributed by atoms with Gasteiger partial charge in [0.05, 0.1) is 12.6 Å². The molecule has 0 unspecified atom stereocenters. The maximum absolute atomic E-state index is 12.5. The van der Waals surface area contributed by atoms with Gasteiger partial charge in [0.25, 0.3) is 5.91 Å². The molecule has 3 aromatic rings. The molecule has 1 aliphatic heterocycles. The molecule has 0 atom stereocenters. The number of fused-ring (bicyclic) bond motifs is 1. The fraction of sp³-hybridized carbons (Fsp3) is 0.320. The molecule has 2 aromatic carbocycles. The molecule has 0 aliphatic carbocycles. The molecule has 1 saturated heterocycles. The summed E-state index contributed by atoms with van der Waals surface area (Å²) in [6.07, 6.45) is 2.82. The van der Waals surface area contributed by atoms with Crippen molar-refractivity contribution < 1.29 is 14.7 Å². The Morgan fingerprint density at radius 1 is 1.00 bits per heavy atom. The first-order valence-electron chi connectivity index (χ1n) is 11.1. The van der Waals surface area contributed by atoms with Crippen LogP contribution in [0.25, 0.3) is 10.9 Å². The molecule has 0 spiro atoms. The van der Waals surface area contributed by atoms with Gasteiger partial charge in [-0.2, -0.15) is 0 Å². The van der Waals surface area contributed by atoms with Gasteiger partial charge in [0.2, 0.25) is 11.3 Å². The highest BCUT2D eigenvalue weighted by molar-refractivity contribution is 5.98. The van der Waals surface area contributed by atoms with Gasteiger partial charge in [0, 0.05) is 43.3 Å². The van der Waals surface area contributed by atoms with Crippen molar-refractivity contribution in [1.29, 1.82) is 0 Å². The molecule has 2 amide bonds. The van der Waals surface area contributed by atoms with E-state index in [1.165, 1.54) is 11.8 Å². The first-order valence-corrected chi connectivity index (χ1v) is 11.1. The zero-order valence-corrected chi connectivity index (χ0v) is 18.3. The van der Waals surface area contributed by atoms with Crippen LogP contribution in [0.5, 0.6) is 0 Å². The lowest BCUT2D eigenvalue weighted by Gasteiger charge is -2.29. The first kappa shape index (κ1) is 22.7. The van der Waals surface area contributed by atoms with Crippen molar-refractivity contribution in [3.63, 3.8) is 0 Å². The molecule has 0 bridgehead atoms. The third-order valence-electron chi connectivity index (χ3n) is 5.92. The van der Waals surface area contributed by atoms with Crippen molar-refractivity contribution in [1.82, 2.24) is 20.5 Å². The Labute approximate surface area is 191 Å². The molecular weight excluding hydrogens is 420 g/mol. The van der Waals surface area contributed by atoms with Crippen molar-refractivity contribution in [2.75, 3.05) is 19.6 Å². The molecule has 4 N–H and O–H groups in total. The average Bonchev–Trinajstić information content (AvgIpc) is 2.84. The topological polar surface area (TPSA) is 115 Å². The van der Waals surface area contributed by atoms with Crippen LogP contribution in [0.2, 0.25) is 0 Å². The van der Waals surface area contributed by atoms with Crippen LogP contribution in [0.3, 0.4) is 0 Å². The summed E-state index contributed by atoms with van der Waals surface area (Å²) < 4.78 is 0. The van der Waals surface area contributed by atoms with Crippen LogP contribution in [0.1, 0.15) is 34.3 Å². The fourth-order valence-electron chi connectivity index (χ4n) is 3.95. The number of nitrogens with zero attached hydrogens (tertiary/aromatic N) is 1.